The molecule has 0 aromatic heterocycles. The fraction of sp³-hybridized carbons (Fsp3) is 0.333. The van der Waals surface area contributed by atoms with Gasteiger partial charge in [0.25, 0.3) is 5.91 Å². The lowest BCUT2D eigenvalue weighted by Crippen LogP contribution is -2.52. The van der Waals surface area contributed by atoms with Crippen molar-refractivity contribution in [1.82, 2.24) is 15.1 Å². The molecule has 4 rings (SSSR count). The van der Waals surface area contributed by atoms with Gasteiger partial charge in [-0.05, 0) is 35.4 Å². The molecule has 1 aliphatic rings. The van der Waals surface area contributed by atoms with Crippen molar-refractivity contribution in [1.29, 1.82) is 0 Å². The van der Waals surface area contributed by atoms with Crippen LogP contribution in [0.5, 0.6) is 5.75 Å². The average molecular weight is 554 g/mol. The Labute approximate surface area is 233 Å². The molecule has 1 atom stereocenters. The minimum atomic E-state index is -0.815. The molecule has 0 spiro atoms. The molecule has 1 N–H and O–H groups in total. The molecular weight excluding hydrogens is 521 g/mol. The van der Waals surface area contributed by atoms with Gasteiger partial charge in [-0.2, -0.15) is 0 Å². The van der Waals surface area contributed by atoms with Gasteiger partial charge >= 0.3 is 0 Å². The molecule has 9 heteroatoms. The second-order valence-corrected chi connectivity index (χ2v) is 9.72. The van der Waals surface area contributed by atoms with Crippen molar-refractivity contribution < 1.29 is 23.5 Å². The van der Waals surface area contributed by atoms with Crippen LogP contribution in [0.2, 0.25) is 5.02 Å². The number of rotatable bonds is 12. The highest BCUT2D eigenvalue weighted by Crippen LogP contribution is 2.23. The van der Waals surface area contributed by atoms with E-state index in [0.29, 0.717) is 49.1 Å². The van der Waals surface area contributed by atoms with Gasteiger partial charge in [0.1, 0.15) is 17.6 Å². The normalized spacial score (nSPS) is 14.4. The summed E-state index contributed by atoms with van der Waals surface area (Å²) in [5.74, 6) is -0.645. The molecule has 206 valence electrons. The molecule has 1 fully saturated rings. The predicted octanol–water partition coefficient (Wildman–Crippen LogP) is 3.95. The van der Waals surface area contributed by atoms with Crippen LogP contribution in [0.1, 0.15) is 11.1 Å². The van der Waals surface area contributed by atoms with Crippen molar-refractivity contribution in [2.75, 3.05) is 46.0 Å². The van der Waals surface area contributed by atoms with Crippen LogP contribution in [0.3, 0.4) is 0 Å². The molecule has 3 aromatic rings. The number of halogens is 2. The lowest BCUT2D eigenvalue weighted by atomic mass is 10.0. The maximum atomic E-state index is 13.6. The number of carbonyl (C=O) groups excluding carboxylic acids is 2. The zero-order valence-electron chi connectivity index (χ0n) is 21.7. The van der Waals surface area contributed by atoms with Crippen molar-refractivity contribution in [3.05, 3.63) is 101 Å². The zero-order chi connectivity index (χ0) is 27.5. The highest BCUT2D eigenvalue weighted by Gasteiger charge is 2.31. The predicted molar refractivity (Wildman–Crippen MR) is 148 cm³/mol. The summed E-state index contributed by atoms with van der Waals surface area (Å²) in [4.78, 5) is 31.0. The van der Waals surface area contributed by atoms with Crippen molar-refractivity contribution in [3.63, 3.8) is 0 Å². The summed E-state index contributed by atoms with van der Waals surface area (Å²) in [7, 11) is 0. The molecule has 1 aliphatic heterocycles. The molecule has 0 radical (unpaired) electrons. The Morgan fingerprint density at radius 1 is 0.974 bits per heavy atom. The summed E-state index contributed by atoms with van der Waals surface area (Å²) < 4.78 is 24.7. The maximum absolute atomic E-state index is 13.6. The Morgan fingerprint density at radius 2 is 1.67 bits per heavy atom. The third-order valence-corrected chi connectivity index (χ3v) is 6.87. The summed E-state index contributed by atoms with van der Waals surface area (Å²) in [6.45, 7) is 3.92. The van der Waals surface area contributed by atoms with E-state index >= 15 is 0 Å². The number of para-hydroxylation sites is 1. The first-order valence-corrected chi connectivity index (χ1v) is 13.4. The van der Waals surface area contributed by atoms with Gasteiger partial charge in [-0.15, -0.1) is 0 Å². The summed E-state index contributed by atoms with van der Waals surface area (Å²) in [5.41, 5.74) is 1.61. The number of nitrogens with zero attached hydrogens (tertiary/aromatic N) is 2. The number of benzene rings is 3. The Kier molecular flexibility index (Phi) is 10.7. The van der Waals surface area contributed by atoms with E-state index in [9.17, 15) is 14.0 Å². The van der Waals surface area contributed by atoms with Crippen LogP contribution in [-0.2, 0) is 27.3 Å². The molecule has 2 amide bonds. The van der Waals surface area contributed by atoms with Crippen LogP contribution < -0.4 is 10.1 Å². The first kappa shape index (κ1) is 28.5. The Balaban J connectivity index is 1.54. The molecule has 3 aromatic carbocycles. The molecule has 7 nitrogen and oxygen atoms in total. The first-order chi connectivity index (χ1) is 19.0. The van der Waals surface area contributed by atoms with E-state index in [2.05, 4.69) is 10.2 Å². The van der Waals surface area contributed by atoms with Crippen LogP contribution in [0.4, 0.5) is 4.39 Å². The lowest BCUT2D eigenvalue weighted by molar-refractivity contribution is -0.142. The van der Waals surface area contributed by atoms with E-state index in [1.165, 1.54) is 17.0 Å². The zero-order valence-corrected chi connectivity index (χ0v) is 22.5. The van der Waals surface area contributed by atoms with E-state index in [0.717, 1.165) is 18.7 Å². The summed E-state index contributed by atoms with van der Waals surface area (Å²) >= 11 is 6.21. The minimum Gasteiger partial charge on any atom is -0.482 e. The molecule has 1 saturated heterocycles. The van der Waals surface area contributed by atoms with Crippen molar-refractivity contribution >= 4 is 23.4 Å². The molecular formula is C30H33ClFN3O4. The van der Waals surface area contributed by atoms with Crippen molar-refractivity contribution in [2.24, 2.45) is 0 Å². The molecule has 0 saturated carbocycles. The fourth-order valence-corrected chi connectivity index (χ4v) is 4.59. The van der Waals surface area contributed by atoms with Crippen LogP contribution in [0.15, 0.2) is 78.9 Å². The number of nitrogens with one attached hydrogen (secondary N) is 1. The third kappa shape index (κ3) is 8.78. The van der Waals surface area contributed by atoms with Gasteiger partial charge in [-0.3, -0.25) is 14.5 Å². The number of hydrogen-bond donors (Lipinski definition) is 1. The van der Waals surface area contributed by atoms with Gasteiger partial charge < -0.3 is 19.7 Å². The van der Waals surface area contributed by atoms with E-state index in [4.69, 9.17) is 21.1 Å². The van der Waals surface area contributed by atoms with Crippen LogP contribution >= 0.6 is 11.6 Å². The van der Waals surface area contributed by atoms with Gasteiger partial charge in [-0.1, -0.05) is 66.2 Å². The standard InChI is InChI=1S/C30H33ClFN3O4/c31-26-8-4-5-9-28(26)39-22-29(36)35(21-24-10-12-25(32)13-11-24)27(20-23-6-2-1-3-7-23)30(37)33-14-15-34-16-18-38-19-17-34/h1-13,27H,14-22H2,(H,33,37)/t27-/m1/s1. The van der Waals surface area contributed by atoms with E-state index in [1.54, 1.807) is 36.4 Å². The summed E-state index contributed by atoms with van der Waals surface area (Å²) in [6, 6.07) is 21.5. The van der Waals surface area contributed by atoms with E-state index in [1.807, 2.05) is 30.3 Å². The SMILES string of the molecule is O=C(NCCN1CCOCC1)[C@@H](Cc1ccccc1)N(Cc1ccc(F)cc1)C(=O)COc1ccccc1Cl. The third-order valence-electron chi connectivity index (χ3n) is 6.56. The van der Waals surface area contributed by atoms with Crippen LogP contribution in [-0.4, -0.2) is 73.7 Å². The minimum absolute atomic E-state index is 0.110. The van der Waals surface area contributed by atoms with Gasteiger partial charge in [0, 0.05) is 39.1 Å². The van der Waals surface area contributed by atoms with Crippen molar-refractivity contribution in [3.8, 4) is 5.75 Å². The number of amides is 2. The van der Waals surface area contributed by atoms with Gasteiger partial charge in [0.15, 0.2) is 6.61 Å². The molecule has 0 aliphatic carbocycles. The van der Waals surface area contributed by atoms with Crippen LogP contribution in [0.25, 0.3) is 0 Å². The first-order valence-electron chi connectivity index (χ1n) is 13.0. The monoisotopic (exact) mass is 553 g/mol. The topological polar surface area (TPSA) is 71.1 Å². The Bertz CT molecular complexity index is 1210. The maximum Gasteiger partial charge on any atom is 0.261 e. The summed E-state index contributed by atoms with van der Waals surface area (Å²) in [6.07, 6.45) is 0.309. The highest BCUT2D eigenvalue weighted by molar-refractivity contribution is 6.32. The average Bonchev–Trinajstić information content (AvgIpc) is 2.96. The number of hydrogen-bond acceptors (Lipinski definition) is 5. The van der Waals surface area contributed by atoms with Gasteiger partial charge in [0.05, 0.1) is 18.2 Å². The molecule has 0 unspecified atom stereocenters. The fourth-order valence-electron chi connectivity index (χ4n) is 4.40. The van der Waals surface area contributed by atoms with E-state index < -0.39 is 6.04 Å². The smallest absolute Gasteiger partial charge is 0.261 e. The lowest BCUT2D eigenvalue weighted by Gasteiger charge is -2.32. The second-order valence-electron chi connectivity index (χ2n) is 9.32. The largest absolute Gasteiger partial charge is 0.482 e. The van der Waals surface area contributed by atoms with E-state index in [-0.39, 0.29) is 30.8 Å². The van der Waals surface area contributed by atoms with Crippen molar-refractivity contribution in [2.45, 2.75) is 19.0 Å². The van der Waals surface area contributed by atoms with Gasteiger partial charge in [0.2, 0.25) is 5.91 Å². The highest BCUT2D eigenvalue weighted by atomic mass is 35.5. The number of morpholine rings is 1. The van der Waals surface area contributed by atoms with Gasteiger partial charge in [-0.25, -0.2) is 4.39 Å². The summed E-state index contributed by atoms with van der Waals surface area (Å²) in [5, 5.41) is 3.41. The van der Waals surface area contributed by atoms with Crippen LogP contribution in [0, 0.1) is 5.82 Å². The molecule has 1 heterocycles. The number of ether oxygens (including phenoxy) is 2. The number of carbonyl (C=O) groups is 2. The quantitative estimate of drug-likeness (QED) is 0.368. The Hall–Kier alpha value is -3.46. The molecule has 0 bridgehead atoms. The second kappa shape index (κ2) is 14.6. The Morgan fingerprint density at radius 3 is 2.38 bits per heavy atom. The molecule has 39 heavy (non-hydrogen) atoms.